The number of nitrogens with one attached hydrogen (secondary N) is 2. The van der Waals surface area contributed by atoms with Crippen LogP contribution in [0, 0.1) is 20.8 Å². The standard InChI is InChI=1S/C17H26N6O2/c1-10-15(17(25-5)22(4)21-10)13-7-6-8-23(13)9-14(24)18-16-11(2)19-20-12(16)3/h13H,6-9H2,1-5H3,(H,18,24)(H,19,20)/t13-/m1/s1. The van der Waals surface area contributed by atoms with E-state index in [0.29, 0.717) is 6.54 Å². The minimum Gasteiger partial charge on any atom is -0.481 e. The van der Waals surface area contributed by atoms with Crippen LogP contribution in [0.4, 0.5) is 5.69 Å². The topological polar surface area (TPSA) is 88.1 Å². The van der Waals surface area contributed by atoms with Gasteiger partial charge in [0, 0.05) is 13.1 Å². The zero-order valence-electron chi connectivity index (χ0n) is 15.5. The lowest BCUT2D eigenvalue weighted by molar-refractivity contribution is -0.117. The van der Waals surface area contributed by atoms with Crippen LogP contribution >= 0.6 is 0 Å². The first-order chi connectivity index (χ1) is 11.9. The largest absolute Gasteiger partial charge is 0.481 e. The molecule has 1 atom stereocenters. The number of amides is 1. The molecule has 1 aliphatic rings. The number of methoxy groups -OCH3 is 1. The summed E-state index contributed by atoms with van der Waals surface area (Å²) in [5.41, 5.74) is 4.49. The molecule has 0 radical (unpaired) electrons. The molecule has 0 spiro atoms. The second-order valence-corrected chi connectivity index (χ2v) is 6.62. The van der Waals surface area contributed by atoms with Crippen LogP contribution in [0.1, 0.15) is 41.5 Å². The van der Waals surface area contributed by atoms with Gasteiger partial charge in [0.05, 0.1) is 42.0 Å². The van der Waals surface area contributed by atoms with E-state index in [4.69, 9.17) is 4.74 Å². The number of aromatic amines is 1. The first-order valence-corrected chi connectivity index (χ1v) is 8.55. The number of nitrogens with zero attached hydrogens (tertiary/aromatic N) is 4. The molecule has 25 heavy (non-hydrogen) atoms. The van der Waals surface area contributed by atoms with Crippen molar-refractivity contribution in [2.45, 2.75) is 39.7 Å². The van der Waals surface area contributed by atoms with Crippen molar-refractivity contribution in [3.8, 4) is 5.88 Å². The first kappa shape index (κ1) is 17.5. The second-order valence-electron chi connectivity index (χ2n) is 6.62. The van der Waals surface area contributed by atoms with Gasteiger partial charge in [0.15, 0.2) is 0 Å². The molecule has 136 valence electrons. The number of hydrogen-bond acceptors (Lipinski definition) is 5. The van der Waals surface area contributed by atoms with Crippen LogP contribution in [0.2, 0.25) is 0 Å². The Kier molecular flexibility index (Phi) is 4.80. The Morgan fingerprint density at radius 3 is 2.76 bits per heavy atom. The van der Waals surface area contributed by atoms with Gasteiger partial charge < -0.3 is 10.1 Å². The molecule has 2 N–H and O–H groups in total. The van der Waals surface area contributed by atoms with E-state index in [9.17, 15) is 4.79 Å². The van der Waals surface area contributed by atoms with Gasteiger partial charge in [0.25, 0.3) is 0 Å². The highest BCUT2D eigenvalue weighted by molar-refractivity contribution is 5.93. The van der Waals surface area contributed by atoms with E-state index < -0.39 is 0 Å². The minimum absolute atomic E-state index is 0.0278. The van der Waals surface area contributed by atoms with Gasteiger partial charge in [-0.25, -0.2) is 4.68 Å². The summed E-state index contributed by atoms with van der Waals surface area (Å²) in [5, 5.41) is 14.5. The predicted molar refractivity (Wildman–Crippen MR) is 94.7 cm³/mol. The smallest absolute Gasteiger partial charge is 0.238 e. The van der Waals surface area contributed by atoms with Crippen molar-refractivity contribution in [1.29, 1.82) is 0 Å². The fourth-order valence-corrected chi connectivity index (χ4v) is 3.72. The highest BCUT2D eigenvalue weighted by Crippen LogP contribution is 2.38. The summed E-state index contributed by atoms with van der Waals surface area (Å²) in [6.07, 6.45) is 2.05. The van der Waals surface area contributed by atoms with E-state index in [1.165, 1.54) is 0 Å². The fourth-order valence-electron chi connectivity index (χ4n) is 3.72. The quantitative estimate of drug-likeness (QED) is 0.863. The van der Waals surface area contributed by atoms with Crippen molar-refractivity contribution in [3.63, 3.8) is 0 Å². The predicted octanol–water partition coefficient (Wildman–Crippen LogP) is 1.85. The number of likely N-dealkylation sites (tertiary alicyclic amines) is 1. The van der Waals surface area contributed by atoms with Gasteiger partial charge in [0.2, 0.25) is 11.8 Å². The van der Waals surface area contributed by atoms with E-state index >= 15 is 0 Å². The Morgan fingerprint density at radius 1 is 1.36 bits per heavy atom. The number of carbonyl (C=O) groups excluding carboxylic acids is 1. The summed E-state index contributed by atoms with van der Waals surface area (Å²) < 4.78 is 7.30. The summed E-state index contributed by atoms with van der Waals surface area (Å²) >= 11 is 0. The Morgan fingerprint density at radius 2 is 2.12 bits per heavy atom. The van der Waals surface area contributed by atoms with Gasteiger partial charge in [-0.3, -0.25) is 14.8 Å². The van der Waals surface area contributed by atoms with Crippen molar-refractivity contribution < 1.29 is 9.53 Å². The molecule has 2 aromatic rings. The number of carbonyl (C=O) groups is 1. The number of aryl methyl sites for hydroxylation is 4. The molecule has 1 saturated heterocycles. The average Bonchev–Trinajstić information content (AvgIpc) is 3.21. The second kappa shape index (κ2) is 6.87. The number of ether oxygens (including phenoxy) is 1. The molecule has 8 heteroatoms. The lowest BCUT2D eigenvalue weighted by Gasteiger charge is -2.24. The van der Waals surface area contributed by atoms with Crippen LogP contribution < -0.4 is 10.1 Å². The molecule has 8 nitrogen and oxygen atoms in total. The third kappa shape index (κ3) is 3.26. The molecule has 1 aliphatic heterocycles. The summed E-state index contributed by atoms with van der Waals surface area (Å²) in [6, 6.07) is 0.154. The maximum atomic E-state index is 12.5. The summed E-state index contributed by atoms with van der Waals surface area (Å²) in [4.78, 5) is 14.7. The Bertz CT molecular complexity index is 759. The van der Waals surface area contributed by atoms with Crippen LogP contribution in [-0.2, 0) is 11.8 Å². The zero-order valence-corrected chi connectivity index (χ0v) is 15.5. The van der Waals surface area contributed by atoms with Crippen molar-refractivity contribution in [2.75, 3.05) is 25.5 Å². The number of anilines is 1. The van der Waals surface area contributed by atoms with Crippen LogP contribution in [-0.4, -0.2) is 51.0 Å². The van der Waals surface area contributed by atoms with Crippen LogP contribution in [0.3, 0.4) is 0 Å². The average molecular weight is 346 g/mol. The van der Waals surface area contributed by atoms with E-state index in [0.717, 1.165) is 53.6 Å². The Balaban J connectivity index is 1.75. The van der Waals surface area contributed by atoms with Crippen molar-refractivity contribution >= 4 is 11.6 Å². The summed E-state index contributed by atoms with van der Waals surface area (Å²) in [5.74, 6) is 0.747. The van der Waals surface area contributed by atoms with Crippen LogP contribution in [0.15, 0.2) is 0 Å². The zero-order chi connectivity index (χ0) is 18.1. The van der Waals surface area contributed by atoms with E-state index in [2.05, 4.69) is 25.5 Å². The van der Waals surface area contributed by atoms with Crippen LogP contribution in [0.5, 0.6) is 5.88 Å². The normalized spacial score (nSPS) is 17.9. The number of H-pyrrole nitrogens is 1. The van der Waals surface area contributed by atoms with Crippen molar-refractivity contribution in [2.24, 2.45) is 7.05 Å². The molecule has 1 amide bonds. The monoisotopic (exact) mass is 346 g/mol. The first-order valence-electron chi connectivity index (χ1n) is 8.55. The molecule has 0 unspecified atom stereocenters. The Labute approximate surface area is 147 Å². The lowest BCUT2D eigenvalue weighted by Crippen LogP contribution is -2.33. The number of hydrogen-bond donors (Lipinski definition) is 2. The highest BCUT2D eigenvalue weighted by atomic mass is 16.5. The van der Waals surface area contributed by atoms with Gasteiger partial charge >= 0.3 is 0 Å². The van der Waals surface area contributed by atoms with Gasteiger partial charge in [-0.1, -0.05) is 0 Å². The van der Waals surface area contributed by atoms with Crippen LogP contribution in [0.25, 0.3) is 0 Å². The molecule has 0 saturated carbocycles. The maximum absolute atomic E-state index is 12.5. The molecular weight excluding hydrogens is 320 g/mol. The van der Waals surface area contributed by atoms with Gasteiger partial charge in [-0.05, 0) is 40.2 Å². The third-order valence-electron chi connectivity index (χ3n) is 4.84. The van der Waals surface area contributed by atoms with E-state index in [-0.39, 0.29) is 11.9 Å². The maximum Gasteiger partial charge on any atom is 0.238 e. The third-order valence-corrected chi connectivity index (χ3v) is 4.84. The molecule has 3 rings (SSSR count). The number of rotatable bonds is 5. The summed E-state index contributed by atoms with van der Waals surface area (Å²) in [7, 11) is 3.54. The molecule has 2 aromatic heterocycles. The fraction of sp³-hybridized carbons (Fsp3) is 0.588. The molecule has 1 fully saturated rings. The molecule has 3 heterocycles. The SMILES string of the molecule is COc1c([C@H]2CCCN2CC(=O)Nc2c(C)n[nH]c2C)c(C)nn1C. The molecule has 0 bridgehead atoms. The van der Waals surface area contributed by atoms with Gasteiger partial charge in [-0.2, -0.15) is 10.2 Å². The molecule has 0 aromatic carbocycles. The number of aromatic nitrogens is 4. The van der Waals surface area contributed by atoms with Gasteiger partial charge in [-0.15, -0.1) is 0 Å². The van der Waals surface area contributed by atoms with Crippen molar-refractivity contribution in [3.05, 3.63) is 22.6 Å². The highest BCUT2D eigenvalue weighted by Gasteiger charge is 2.33. The molecular formula is C17H26N6O2. The minimum atomic E-state index is -0.0278. The molecule has 0 aliphatic carbocycles. The van der Waals surface area contributed by atoms with E-state index in [1.54, 1.807) is 11.8 Å². The van der Waals surface area contributed by atoms with Gasteiger partial charge in [0.1, 0.15) is 0 Å². The lowest BCUT2D eigenvalue weighted by atomic mass is 10.1. The summed E-state index contributed by atoms with van der Waals surface area (Å²) in [6.45, 7) is 7.00. The van der Waals surface area contributed by atoms with Crippen molar-refractivity contribution in [1.82, 2.24) is 24.9 Å². The Hall–Kier alpha value is -2.35. The van der Waals surface area contributed by atoms with E-state index in [1.807, 2.05) is 27.8 Å².